The molecule has 4 rings (SSSR count). The first kappa shape index (κ1) is 31.4. The zero-order valence-electron chi connectivity index (χ0n) is 24.8. The van der Waals surface area contributed by atoms with E-state index < -0.39 is 12.1 Å². The van der Waals surface area contributed by atoms with Gasteiger partial charge in [-0.25, -0.2) is 10.0 Å². The smallest absolute Gasteiger partial charge is 0.245 e. The van der Waals surface area contributed by atoms with Gasteiger partial charge in [-0.1, -0.05) is 67.9 Å². The van der Waals surface area contributed by atoms with Gasteiger partial charge < -0.3 is 20.9 Å². The third kappa shape index (κ3) is 9.25. The molecule has 0 saturated carbocycles. The Kier molecular flexibility index (Phi) is 11.6. The number of halogens is 1. The second-order valence-electron chi connectivity index (χ2n) is 12.0. The van der Waals surface area contributed by atoms with Crippen molar-refractivity contribution in [2.75, 3.05) is 52.9 Å². The summed E-state index contributed by atoms with van der Waals surface area (Å²) in [5, 5.41) is 8.78. The number of rotatable bonds is 11. The maximum absolute atomic E-state index is 13.9. The Morgan fingerprint density at radius 1 is 0.976 bits per heavy atom. The summed E-state index contributed by atoms with van der Waals surface area (Å²) in [5.41, 5.74) is 8.18. The van der Waals surface area contributed by atoms with E-state index in [9.17, 15) is 9.59 Å². The number of piperidine rings is 1. The molecule has 0 aliphatic carbocycles. The summed E-state index contributed by atoms with van der Waals surface area (Å²) in [6, 6.07) is 16.4. The molecule has 2 aromatic rings. The van der Waals surface area contributed by atoms with Gasteiger partial charge in [-0.15, -0.1) is 0 Å². The highest BCUT2D eigenvalue weighted by molar-refractivity contribution is 6.30. The molecule has 2 aliphatic rings. The van der Waals surface area contributed by atoms with Crippen LogP contribution in [-0.4, -0.2) is 96.6 Å². The van der Waals surface area contributed by atoms with E-state index in [4.69, 9.17) is 17.3 Å². The van der Waals surface area contributed by atoms with Gasteiger partial charge in [0.05, 0.1) is 0 Å². The highest BCUT2D eigenvalue weighted by atomic mass is 35.5. The van der Waals surface area contributed by atoms with Gasteiger partial charge in [0, 0.05) is 75.8 Å². The van der Waals surface area contributed by atoms with Gasteiger partial charge >= 0.3 is 0 Å². The van der Waals surface area contributed by atoms with E-state index in [2.05, 4.69) is 41.1 Å². The average molecular weight is 583 g/mol. The Morgan fingerprint density at radius 2 is 1.61 bits per heavy atom. The molecule has 0 spiro atoms. The lowest BCUT2D eigenvalue weighted by atomic mass is 9.99. The number of carbonyl (C=O) groups excluding carboxylic acids is 2. The van der Waals surface area contributed by atoms with E-state index in [1.54, 1.807) is 0 Å². The van der Waals surface area contributed by atoms with E-state index in [1.165, 1.54) is 0 Å². The first-order chi connectivity index (χ1) is 19.7. The van der Waals surface area contributed by atoms with Crippen LogP contribution in [-0.2, 0) is 16.0 Å². The molecule has 8 nitrogen and oxygen atoms in total. The van der Waals surface area contributed by atoms with Gasteiger partial charge in [0.25, 0.3) is 0 Å². The van der Waals surface area contributed by atoms with E-state index in [-0.39, 0.29) is 18.2 Å². The number of benzene rings is 2. The molecule has 0 bridgehead atoms. The minimum absolute atomic E-state index is 0.0324. The standard InChI is InChI=1S/C32H47ClN6O2/c1-24(2)23-39(38-19-17-36(3)18-20-38)28-13-15-37(16-14-28)32(41)30(21-25-9-11-27(33)12-10-25)35-31(40)22-29(34)26-7-5-4-6-8-26/h4-12,24,28-30H,13-23,34H2,1-3H3,(H,35,40). The molecule has 2 heterocycles. The second-order valence-corrected chi connectivity index (χ2v) is 12.4. The normalized spacial score (nSPS) is 19.0. The molecule has 9 heteroatoms. The largest absolute Gasteiger partial charge is 0.344 e. The molecular formula is C32H47ClN6O2. The van der Waals surface area contributed by atoms with Gasteiger partial charge in [0.15, 0.2) is 0 Å². The van der Waals surface area contributed by atoms with Crippen LogP contribution in [0.2, 0.25) is 5.02 Å². The fourth-order valence-corrected chi connectivity index (χ4v) is 5.98. The van der Waals surface area contributed by atoms with Gasteiger partial charge in [-0.3, -0.25) is 9.59 Å². The second kappa shape index (κ2) is 15.1. The molecule has 0 radical (unpaired) electrons. The highest BCUT2D eigenvalue weighted by Gasteiger charge is 2.34. The molecule has 2 fully saturated rings. The average Bonchev–Trinajstić information content (AvgIpc) is 2.97. The number of hydrogen-bond acceptors (Lipinski definition) is 6. The van der Waals surface area contributed by atoms with Crippen molar-refractivity contribution in [1.82, 2.24) is 25.1 Å². The Labute approximate surface area is 250 Å². The van der Waals surface area contributed by atoms with Crippen molar-refractivity contribution in [2.45, 2.75) is 57.7 Å². The van der Waals surface area contributed by atoms with E-state index in [0.29, 0.717) is 36.5 Å². The molecule has 3 N–H and O–H groups in total. The highest BCUT2D eigenvalue weighted by Crippen LogP contribution is 2.23. The van der Waals surface area contributed by atoms with Crippen LogP contribution in [0, 0.1) is 5.92 Å². The zero-order valence-corrected chi connectivity index (χ0v) is 25.6. The van der Waals surface area contributed by atoms with Crippen LogP contribution < -0.4 is 11.1 Å². The number of carbonyl (C=O) groups is 2. The van der Waals surface area contributed by atoms with Crippen LogP contribution in [0.5, 0.6) is 0 Å². The Morgan fingerprint density at radius 3 is 2.22 bits per heavy atom. The van der Waals surface area contributed by atoms with Crippen molar-refractivity contribution in [1.29, 1.82) is 0 Å². The minimum Gasteiger partial charge on any atom is -0.344 e. The Hall–Kier alpha value is -2.49. The maximum atomic E-state index is 13.9. The molecule has 0 aromatic heterocycles. The molecule has 2 aromatic carbocycles. The van der Waals surface area contributed by atoms with Crippen LogP contribution in [0.25, 0.3) is 0 Å². The molecule has 41 heavy (non-hydrogen) atoms. The maximum Gasteiger partial charge on any atom is 0.245 e. The fraction of sp³-hybridized carbons (Fsp3) is 0.562. The summed E-state index contributed by atoms with van der Waals surface area (Å²) in [7, 11) is 2.18. The molecule has 2 saturated heterocycles. The topological polar surface area (TPSA) is 85.1 Å². The predicted molar refractivity (Wildman–Crippen MR) is 165 cm³/mol. The van der Waals surface area contributed by atoms with Crippen molar-refractivity contribution in [3.63, 3.8) is 0 Å². The molecule has 2 amide bonds. The van der Waals surface area contributed by atoms with Gasteiger partial charge in [-0.2, -0.15) is 0 Å². The predicted octanol–water partition coefficient (Wildman–Crippen LogP) is 3.57. The van der Waals surface area contributed by atoms with Crippen LogP contribution in [0.3, 0.4) is 0 Å². The lowest BCUT2D eigenvalue weighted by Crippen LogP contribution is -2.60. The molecule has 2 aliphatic heterocycles. The number of hydrogen-bond donors (Lipinski definition) is 2. The Bertz CT molecular complexity index is 1100. The number of nitrogens with zero attached hydrogens (tertiary/aromatic N) is 4. The first-order valence-corrected chi connectivity index (χ1v) is 15.4. The van der Waals surface area contributed by atoms with Gasteiger partial charge in [0.1, 0.15) is 6.04 Å². The van der Waals surface area contributed by atoms with E-state index in [1.807, 2.05) is 59.5 Å². The molecule has 2 unspecified atom stereocenters. The van der Waals surface area contributed by atoms with Crippen molar-refractivity contribution in [2.24, 2.45) is 11.7 Å². The summed E-state index contributed by atoms with van der Waals surface area (Å²) < 4.78 is 0. The summed E-state index contributed by atoms with van der Waals surface area (Å²) in [4.78, 5) is 31.3. The van der Waals surface area contributed by atoms with Crippen LogP contribution >= 0.6 is 11.6 Å². The number of nitrogens with two attached hydrogens (primary N) is 1. The SMILES string of the molecule is CC(C)CN(C1CCN(C(=O)C(Cc2ccc(Cl)cc2)NC(=O)CC(N)c2ccccc2)CC1)N1CCN(C)CC1. The number of piperazine rings is 1. The molecule has 224 valence electrons. The van der Waals surface area contributed by atoms with Crippen LogP contribution in [0.15, 0.2) is 54.6 Å². The summed E-state index contributed by atoms with van der Waals surface area (Å²) in [5.74, 6) is 0.312. The van der Waals surface area contributed by atoms with Gasteiger partial charge in [-0.05, 0) is 49.1 Å². The summed E-state index contributed by atoms with van der Waals surface area (Å²) in [6.45, 7) is 11.2. The molecule has 2 atom stereocenters. The first-order valence-electron chi connectivity index (χ1n) is 15.0. The van der Waals surface area contributed by atoms with Crippen molar-refractivity contribution in [3.05, 3.63) is 70.7 Å². The van der Waals surface area contributed by atoms with Crippen LogP contribution in [0.4, 0.5) is 0 Å². The third-order valence-corrected chi connectivity index (χ3v) is 8.46. The monoisotopic (exact) mass is 582 g/mol. The van der Waals surface area contributed by atoms with E-state index >= 15 is 0 Å². The quantitative estimate of drug-likeness (QED) is 0.421. The minimum atomic E-state index is -0.660. The number of nitrogens with one attached hydrogen (secondary N) is 1. The van der Waals surface area contributed by atoms with Crippen LogP contribution in [0.1, 0.15) is 50.3 Å². The fourth-order valence-electron chi connectivity index (χ4n) is 5.85. The zero-order chi connectivity index (χ0) is 29.4. The Balaban J connectivity index is 1.41. The number of likely N-dealkylation sites (tertiary alicyclic amines) is 1. The summed E-state index contributed by atoms with van der Waals surface area (Å²) in [6.07, 6.45) is 2.37. The number of amides is 2. The van der Waals surface area contributed by atoms with Gasteiger partial charge in [0.2, 0.25) is 11.8 Å². The van der Waals surface area contributed by atoms with Crippen molar-refractivity contribution < 1.29 is 9.59 Å². The lowest BCUT2D eigenvalue weighted by Gasteiger charge is -2.47. The lowest BCUT2D eigenvalue weighted by molar-refractivity contribution is -0.140. The van der Waals surface area contributed by atoms with E-state index in [0.717, 1.165) is 56.7 Å². The number of likely N-dealkylation sites (N-methyl/N-ethyl adjacent to an activating group) is 1. The number of hydrazine groups is 1. The third-order valence-electron chi connectivity index (χ3n) is 8.21. The molecular weight excluding hydrogens is 536 g/mol. The van der Waals surface area contributed by atoms with Crippen molar-refractivity contribution >= 4 is 23.4 Å². The van der Waals surface area contributed by atoms with Crippen molar-refractivity contribution in [3.8, 4) is 0 Å². The summed E-state index contributed by atoms with van der Waals surface area (Å²) >= 11 is 6.10.